The van der Waals surface area contributed by atoms with E-state index in [0.29, 0.717) is 6.42 Å². The third-order valence-corrected chi connectivity index (χ3v) is 7.88. The zero-order valence-electron chi connectivity index (χ0n) is 12.9. The topological polar surface area (TPSA) is 55.8 Å². The Morgan fingerprint density at radius 3 is 2.74 bits per heavy atom. The fourth-order valence-corrected chi connectivity index (χ4v) is 5.54. The van der Waals surface area contributed by atoms with E-state index in [1.54, 1.807) is 16.7 Å². The van der Waals surface area contributed by atoms with Gasteiger partial charge in [-0.15, -0.1) is 11.8 Å². The van der Waals surface area contributed by atoms with Crippen molar-refractivity contribution in [2.24, 2.45) is 0 Å². The molecule has 7 heteroatoms. The van der Waals surface area contributed by atoms with Crippen molar-refractivity contribution in [3.05, 3.63) is 35.9 Å². The van der Waals surface area contributed by atoms with Gasteiger partial charge in [-0.05, 0) is 6.92 Å². The lowest BCUT2D eigenvalue weighted by molar-refractivity contribution is -0.185. The monoisotopic (exact) mass is 447 g/mol. The van der Waals surface area contributed by atoms with Gasteiger partial charge in [0.25, 0.3) is 0 Å². The van der Waals surface area contributed by atoms with Crippen LogP contribution in [0.5, 0.6) is 0 Å². The van der Waals surface area contributed by atoms with E-state index in [1.807, 2.05) is 37.3 Å². The van der Waals surface area contributed by atoms with Crippen molar-refractivity contribution in [3.63, 3.8) is 0 Å². The second-order valence-electron chi connectivity index (χ2n) is 5.84. The number of thioether (sulfide) groups is 1. The van der Waals surface area contributed by atoms with Crippen molar-refractivity contribution in [1.82, 2.24) is 4.90 Å². The van der Waals surface area contributed by atoms with Gasteiger partial charge >= 0.3 is 5.97 Å². The highest BCUT2D eigenvalue weighted by Gasteiger charge is 2.60. The molecule has 2 heterocycles. The number of halogens is 1. The standard InChI is InChI=1S/C16H18INO4S/c1-16(9-17)13(18-11(19)8-12(18)23-16)14(20)22-15(21-2)10-6-4-3-5-7-10/h3-7,12-13,15H,8-9H2,1-2H3/t12?,13-,15?,16-/m0/s1. The first-order valence-electron chi connectivity index (χ1n) is 7.33. The van der Waals surface area contributed by atoms with Crippen molar-refractivity contribution < 1.29 is 19.1 Å². The van der Waals surface area contributed by atoms with E-state index in [-0.39, 0.29) is 16.0 Å². The number of ether oxygens (including phenoxy) is 2. The van der Waals surface area contributed by atoms with E-state index >= 15 is 0 Å². The highest BCUT2D eigenvalue weighted by Crippen LogP contribution is 2.52. The van der Waals surface area contributed by atoms with Gasteiger partial charge in [-0.1, -0.05) is 52.9 Å². The molecular formula is C16H18INO4S. The van der Waals surface area contributed by atoms with Gasteiger partial charge in [0.15, 0.2) is 0 Å². The van der Waals surface area contributed by atoms with Crippen LogP contribution >= 0.6 is 34.4 Å². The molecule has 0 bridgehead atoms. The molecule has 2 aliphatic rings. The number of carbonyl (C=O) groups is 2. The highest BCUT2D eigenvalue weighted by atomic mass is 127. The fourth-order valence-electron chi connectivity index (χ4n) is 2.98. The smallest absolute Gasteiger partial charge is 0.332 e. The number of nitrogens with zero attached hydrogens (tertiary/aromatic N) is 1. The minimum absolute atomic E-state index is 0.0201. The Morgan fingerprint density at radius 2 is 2.17 bits per heavy atom. The average Bonchev–Trinajstić information content (AvgIpc) is 2.81. The first-order valence-corrected chi connectivity index (χ1v) is 9.74. The summed E-state index contributed by atoms with van der Waals surface area (Å²) < 4.78 is 11.3. The number of carbonyl (C=O) groups excluding carboxylic acids is 2. The lowest BCUT2D eigenvalue weighted by Gasteiger charge is -2.38. The predicted molar refractivity (Wildman–Crippen MR) is 96.2 cm³/mol. The van der Waals surface area contributed by atoms with E-state index in [0.717, 1.165) is 9.99 Å². The Hall–Kier alpha value is -0.800. The number of methoxy groups -OCH3 is 1. The van der Waals surface area contributed by atoms with E-state index < -0.39 is 18.3 Å². The maximum absolute atomic E-state index is 12.8. The number of benzene rings is 1. The van der Waals surface area contributed by atoms with E-state index in [4.69, 9.17) is 9.47 Å². The Kier molecular flexibility index (Phi) is 4.89. The van der Waals surface area contributed by atoms with Crippen LogP contribution in [0.4, 0.5) is 0 Å². The summed E-state index contributed by atoms with van der Waals surface area (Å²) in [4.78, 5) is 26.4. The first kappa shape index (κ1) is 17.0. The maximum atomic E-state index is 12.8. The van der Waals surface area contributed by atoms with Gasteiger partial charge in [-0.2, -0.15) is 0 Å². The van der Waals surface area contributed by atoms with Crippen LogP contribution in [0, 0.1) is 0 Å². The molecular weight excluding hydrogens is 429 g/mol. The molecule has 3 rings (SSSR count). The van der Waals surface area contributed by atoms with Crippen LogP contribution in [0.15, 0.2) is 30.3 Å². The Labute approximate surface area is 153 Å². The number of alkyl halides is 1. The molecule has 2 fully saturated rings. The van der Waals surface area contributed by atoms with E-state index in [9.17, 15) is 9.59 Å². The summed E-state index contributed by atoms with van der Waals surface area (Å²) in [5.74, 6) is -0.380. The second kappa shape index (κ2) is 6.60. The quantitative estimate of drug-likeness (QED) is 0.229. The third-order valence-electron chi connectivity index (χ3n) is 4.21. The Balaban J connectivity index is 1.79. The van der Waals surface area contributed by atoms with Gasteiger partial charge in [-0.3, -0.25) is 4.79 Å². The molecule has 0 N–H and O–H groups in total. The van der Waals surface area contributed by atoms with Gasteiger partial charge in [-0.25, -0.2) is 4.79 Å². The van der Waals surface area contributed by atoms with Crippen molar-refractivity contribution in [2.45, 2.75) is 35.8 Å². The SMILES string of the molecule is COC(OC(=O)[C@@H]1N2C(=O)CC2S[C@@]1(C)CI)c1ccccc1. The molecule has 1 aromatic carbocycles. The number of rotatable bonds is 5. The molecule has 0 radical (unpaired) electrons. The minimum Gasteiger partial charge on any atom is -0.430 e. The summed E-state index contributed by atoms with van der Waals surface area (Å²) in [5, 5.41) is 0.0949. The van der Waals surface area contributed by atoms with Crippen LogP contribution < -0.4 is 0 Å². The third kappa shape index (κ3) is 2.98. The second-order valence-corrected chi connectivity index (χ2v) is 8.32. The molecule has 2 unspecified atom stereocenters. The van der Waals surface area contributed by atoms with Gasteiger partial charge in [0.2, 0.25) is 12.2 Å². The van der Waals surface area contributed by atoms with Crippen LogP contribution in [-0.2, 0) is 19.1 Å². The molecule has 0 aromatic heterocycles. The average molecular weight is 447 g/mol. The van der Waals surface area contributed by atoms with E-state index in [2.05, 4.69) is 22.6 Å². The minimum atomic E-state index is -0.761. The van der Waals surface area contributed by atoms with Crippen LogP contribution in [0.25, 0.3) is 0 Å². The normalized spacial score (nSPS) is 30.6. The Bertz CT molecular complexity index is 613. The fraction of sp³-hybridized carbons (Fsp3) is 0.500. The van der Waals surface area contributed by atoms with Crippen molar-refractivity contribution in [1.29, 1.82) is 0 Å². The summed E-state index contributed by atoms with van der Waals surface area (Å²) in [6.45, 7) is 2.02. The molecule has 4 atom stereocenters. The van der Waals surface area contributed by atoms with Crippen molar-refractivity contribution in [2.75, 3.05) is 11.5 Å². The zero-order chi connectivity index (χ0) is 16.6. The van der Waals surface area contributed by atoms with Crippen LogP contribution in [0.2, 0.25) is 0 Å². The van der Waals surface area contributed by atoms with Crippen molar-refractivity contribution in [3.8, 4) is 0 Å². The van der Waals surface area contributed by atoms with Gasteiger partial charge in [0, 0.05) is 17.1 Å². The number of hydrogen-bond donors (Lipinski definition) is 0. The lowest BCUT2D eigenvalue weighted by Crippen LogP contribution is -2.58. The van der Waals surface area contributed by atoms with E-state index in [1.165, 1.54) is 7.11 Å². The maximum Gasteiger partial charge on any atom is 0.332 e. The molecule has 2 aliphatic heterocycles. The molecule has 124 valence electrons. The summed E-state index contributed by atoms with van der Waals surface area (Å²) in [5.41, 5.74) is 0.775. The van der Waals surface area contributed by atoms with Gasteiger partial charge in [0.1, 0.15) is 6.04 Å². The number of fused-ring (bicyclic) bond motifs is 1. The van der Waals surface area contributed by atoms with Crippen LogP contribution in [-0.4, -0.2) is 44.5 Å². The summed E-state index contributed by atoms with van der Waals surface area (Å²) in [7, 11) is 1.50. The molecule has 0 aliphatic carbocycles. The number of hydrogen-bond acceptors (Lipinski definition) is 5. The number of β-lactam (4-membered cyclic amide) rings is 1. The van der Waals surface area contributed by atoms with Crippen molar-refractivity contribution >= 4 is 46.2 Å². The Morgan fingerprint density at radius 1 is 1.48 bits per heavy atom. The summed E-state index contributed by atoms with van der Waals surface area (Å²) in [6.07, 6.45) is -0.254. The molecule has 5 nitrogen and oxygen atoms in total. The number of esters is 1. The predicted octanol–water partition coefficient (Wildman–Crippen LogP) is 2.74. The first-order chi connectivity index (χ1) is 11.0. The number of amides is 1. The molecule has 23 heavy (non-hydrogen) atoms. The molecule has 0 saturated carbocycles. The lowest BCUT2D eigenvalue weighted by atomic mass is 9.98. The summed E-state index contributed by atoms with van der Waals surface area (Å²) in [6, 6.07) is 8.76. The molecule has 1 amide bonds. The molecule has 1 aromatic rings. The van der Waals surface area contributed by atoms with Gasteiger partial charge < -0.3 is 14.4 Å². The molecule has 2 saturated heterocycles. The largest absolute Gasteiger partial charge is 0.430 e. The van der Waals surface area contributed by atoms with Crippen LogP contribution in [0.3, 0.4) is 0 Å². The highest BCUT2D eigenvalue weighted by molar-refractivity contribution is 14.1. The summed E-state index contributed by atoms with van der Waals surface area (Å²) >= 11 is 3.96. The van der Waals surface area contributed by atoms with Gasteiger partial charge in [0.05, 0.1) is 16.5 Å². The molecule has 0 spiro atoms. The van der Waals surface area contributed by atoms with Crippen LogP contribution in [0.1, 0.15) is 25.2 Å². The zero-order valence-corrected chi connectivity index (χ0v) is 15.9.